The van der Waals surface area contributed by atoms with Gasteiger partial charge in [-0.15, -0.1) is 0 Å². The molecule has 0 atom stereocenters. The number of aliphatic imine (C=N–C) groups is 1. The van der Waals surface area contributed by atoms with Gasteiger partial charge < -0.3 is 19.9 Å². The monoisotopic (exact) mass is 412 g/mol. The van der Waals surface area contributed by atoms with Crippen LogP contribution in [0.25, 0.3) is 0 Å². The van der Waals surface area contributed by atoms with Gasteiger partial charge in [-0.05, 0) is 77.7 Å². The van der Waals surface area contributed by atoms with Crippen LogP contribution in [0.15, 0.2) is 4.99 Å². The summed E-state index contributed by atoms with van der Waals surface area (Å²) in [4.78, 5) is 22.0. The summed E-state index contributed by atoms with van der Waals surface area (Å²) < 4.78 is 5.71. The van der Waals surface area contributed by atoms with Gasteiger partial charge in [0.25, 0.3) is 0 Å². The third kappa shape index (κ3) is 8.10. The molecular weight excluding hydrogens is 372 g/mol. The normalized spacial score (nSPS) is 18.9. The van der Waals surface area contributed by atoms with Crippen LogP contribution in [0.4, 0.5) is 4.79 Å². The fraction of sp³-hybridized carbons (Fsp3) is 0.905. The average molecular weight is 413 g/mol. The number of nitrogens with one attached hydrogen (secondary N) is 1. The lowest BCUT2D eigenvalue weighted by molar-refractivity contribution is 0.00928. The van der Waals surface area contributed by atoms with E-state index in [0.717, 1.165) is 63.7 Å². The van der Waals surface area contributed by atoms with Gasteiger partial charge in [-0.1, -0.05) is 0 Å². The third-order valence-electron chi connectivity index (χ3n) is 5.09. The quantitative estimate of drug-likeness (QED) is 0.373. The SMILES string of the molecule is CCNC(=NCCCSC)N1CCC(N(CC2CC2)C(=O)OC(C)(C)C)CC1. The van der Waals surface area contributed by atoms with Gasteiger partial charge in [0.15, 0.2) is 5.96 Å². The van der Waals surface area contributed by atoms with Gasteiger partial charge in [0.05, 0.1) is 0 Å². The Morgan fingerprint density at radius 1 is 1.25 bits per heavy atom. The first-order valence-electron chi connectivity index (χ1n) is 10.9. The molecule has 0 aromatic carbocycles. The van der Waals surface area contributed by atoms with Crippen LogP contribution in [0, 0.1) is 5.92 Å². The fourth-order valence-corrected chi connectivity index (χ4v) is 3.90. The summed E-state index contributed by atoms with van der Waals surface area (Å²) in [6, 6.07) is 0.270. The van der Waals surface area contributed by atoms with Crippen molar-refractivity contribution in [3.63, 3.8) is 0 Å². The summed E-state index contributed by atoms with van der Waals surface area (Å²) in [5, 5.41) is 3.43. The Morgan fingerprint density at radius 3 is 2.46 bits per heavy atom. The number of hydrogen-bond donors (Lipinski definition) is 1. The maximum Gasteiger partial charge on any atom is 0.410 e. The molecule has 2 fully saturated rings. The van der Waals surface area contributed by atoms with Crippen LogP contribution in [-0.4, -0.2) is 78.2 Å². The molecule has 0 radical (unpaired) electrons. The number of rotatable bonds is 8. The van der Waals surface area contributed by atoms with E-state index in [1.165, 1.54) is 12.8 Å². The molecule has 1 N–H and O–H groups in total. The van der Waals surface area contributed by atoms with Crippen molar-refractivity contribution in [1.82, 2.24) is 15.1 Å². The first kappa shape index (κ1) is 23.2. The molecular formula is C21H40N4O2S. The topological polar surface area (TPSA) is 57.2 Å². The Balaban J connectivity index is 1.93. The van der Waals surface area contributed by atoms with Crippen molar-refractivity contribution in [2.45, 2.75) is 71.4 Å². The maximum absolute atomic E-state index is 12.8. The van der Waals surface area contributed by atoms with E-state index in [0.29, 0.717) is 5.92 Å². The lowest BCUT2D eigenvalue weighted by Gasteiger charge is -2.40. The Hall–Kier alpha value is -1.11. The summed E-state index contributed by atoms with van der Waals surface area (Å²) in [6.45, 7) is 12.4. The van der Waals surface area contributed by atoms with Gasteiger partial charge in [-0.25, -0.2) is 4.79 Å². The third-order valence-corrected chi connectivity index (χ3v) is 5.78. The van der Waals surface area contributed by atoms with Crippen LogP contribution < -0.4 is 5.32 Å². The van der Waals surface area contributed by atoms with Crippen LogP contribution in [0.5, 0.6) is 0 Å². The van der Waals surface area contributed by atoms with Gasteiger partial charge in [-0.3, -0.25) is 4.99 Å². The first-order chi connectivity index (χ1) is 13.3. The Kier molecular flexibility index (Phi) is 9.25. The molecule has 1 saturated carbocycles. The van der Waals surface area contributed by atoms with Gasteiger partial charge >= 0.3 is 6.09 Å². The van der Waals surface area contributed by atoms with Crippen molar-refractivity contribution >= 4 is 23.8 Å². The predicted molar refractivity (Wildman–Crippen MR) is 119 cm³/mol. The summed E-state index contributed by atoms with van der Waals surface area (Å²) in [5.74, 6) is 2.84. The van der Waals surface area contributed by atoms with Crippen molar-refractivity contribution in [2.75, 3.05) is 44.7 Å². The summed E-state index contributed by atoms with van der Waals surface area (Å²) in [6.07, 6.45) is 7.53. The molecule has 1 aliphatic heterocycles. The zero-order valence-electron chi connectivity index (χ0n) is 18.5. The van der Waals surface area contributed by atoms with Gasteiger partial charge in [0.2, 0.25) is 0 Å². The predicted octanol–water partition coefficient (Wildman–Crippen LogP) is 3.82. The average Bonchev–Trinajstić information content (AvgIpc) is 3.45. The number of hydrogen-bond acceptors (Lipinski definition) is 4. The van der Waals surface area contributed by atoms with Crippen LogP contribution >= 0.6 is 11.8 Å². The minimum atomic E-state index is -0.443. The van der Waals surface area contributed by atoms with Crippen LogP contribution in [-0.2, 0) is 4.74 Å². The van der Waals surface area contributed by atoms with E-state index in [4.69, 9.17) is 9.73 Å². The molecule has 0 aromatic rings. The summed E-state index contributed by atoms with van der Waals surface area (Å²) >= 11 is 1.87. The van der Waals surface area contributed by atoms with E-state index in [-0.39, 0.29) is 12.1 Å². The Bertz CT molecular complexity index is 509. The molecule has 1 heterocycles. The standard InChI is InChI=1S/C21H40N4O2S/c1-6-22-19(23-12-7-15-28-5)24-13-10-18(11-14-24)25(16-17-8-9-17)20(26)27-21(2,3)4/h17-18H,6-16H2,1-5H3,(H,22,23). The number of ether oxygens (including phenoxy) is 1. The molecule has 0 spiro atoms. The molecule has 28 heavy (non-hydrogen) atoms. The molecule has 1 amide bonds. The number of guanidine groups is 1. The zero-order chi connectivity index (χ0) is 20.6. The molecule has 0 bridgehead atoms. The smallest absolute Gasteiger partial charge is 0.410 e. The number of likely N-dealkylation sites (tertiary alicyclic amines) is 1. The van der Waals surface area contributed by atoms with Crippen LogP contribution in [0.2, 0.25) is 0 Å². The lowest BCUT2D eigenvalue weighted by atomic mass is 10.0. The number of piperidine rings is 1. The van der Waals surface area contributed by atoms with E-state index in [9.17, 15) is 4.79 Å². The molecule has 0 aromatic heterocycles. The highest BCUT2D eigenvalue weighted by Crippen LogP contribution is 2.32. The Morgan fingerprint density at radius 2 is 1.93 bits per heavy atom. The van der Waals surface area contributed by atoms with E-state index < -0.39 is 5.60 Å². The van der Waals surface area contributed by atoms with Gasteiger partial charge in [0.1, 0.15) is 5.60 Å². The van der Waals surface area contributed by atoms with Crippen molar-refractivity contribution in [3.8, 4) is 0 Å². The number of carbonyl (C=O) groups is 1. The van der Waals surface area contributed by atoms with Crippen molar-refractivity contribution < 1.29 is 9.53 Å². The Labute approximate surface area is 175 Å². The zero-order valence-corrected chi connectivity index (χ0v) is 19.3. The van der Waals surface area contributed by atoms with Gasteiger partial charge in [-0.2, -0.15) is 11.8 Å². The molecule has 6 nitrogen and oxygen atoms in total. The minimum absolute atomic E-state index is 0.143. The highest BCUT2D eigenvalue weighted by Gasteiger charge is 2.35. The largest absolute Gasteiger partial charge is 0.444 e. The molecule has 0 unspecified atom stereocenters. The molecule has 162 valence electrons. The molecule has 1 aliphatic carbocycles. The minimum Gasteiger partial charge on any atom is -0.444 e. The number of thioether (sulfide) groups is 1. The van der Waals surface area contributed by atoms with Crippen molar-refractivity contribution in [1.29, 1.82) is 0 Å². The number of amides is 1. The number of carbonyl (C=O) groups excluding carboxylic acids is 1. The molecule has 7 heteroatoms. The van der Waals surface area contributed by atoms with Crippen LogP contribution in [0.3, 0.4) is 0 Å². The highest BCUT2D eigenvalue weighted by molar-refractivity contribution is 7.98. The maximum atomic E-state index is 12.8. The van der Waals surface area contributed by atoms with E-state index in [2.05, 4.69) is 23.4 Å². The molecule has 1 saturated heterocycles. The van der Waals surface area contributed by atoms with Crippen LogP contribution in [0.1, 0.15) is 59.8 Å². The number of nitrogens with zero attached hydrogens (tertiary/aromatic N) is 3. The van der Waals surface area contributed by atoms with Gasteiger partial charge in [0, 0.05) is 38.8 Å². The summed E-state index contributed by atoms with van der Waals surface area (Å²) in [5.41, 5.74) is -0.443. The second kappa shape index (κ2) is 11.2. The first-order valence-corrected chi connectivity index (χ1v) is 12.2. The van der Waals surface area contributed by atoms with E-state index in [1.54, 1.807) is 0 Å². The summed E-state index contributed by atoms with van der Waals surface area (Å²) in [7, 11) is 0. The van der Waals surface area contributed by atoms with E-state index >= 15 is 0 Å². The highest BCUT2D eigenvalue weighted by atomic mass is 32.2. The lowest BCUT2D eigenvalue weighted by Crippen LogP contribution is -2.52. The molecule has 2 rings (SSSR count). The fourth-order valence-electron chi connectivity index (χ4n) is 3.48. The second-order valence-electron chi connectivity index (χ2n) is 8.88. The second-order valence-corrected chi connectivity index (χ2v) is 9.86. The van der Waals surface area contributed by atoms with Crippen molar-refractivity contribution in [3.05, 3.63) is 0 Å². The molecule has 2 aliphatic rings. The van der Waals surface area contributed by atoms with Crippen molar-refractivity contribution in [2.24, 2.45) is 10.9 Å². The van der Waals surface area contributed by atoms with E-state index in [1.807, 2.05) is 37.4 Å².